The van der Waals surface area contributed by atoms with E-state index >= 15 is 0 Å². The van der Waals surface area contributed by atoms with Crippen LogP contribution in [0.25, 0.3) is 6.08 Å². The molecule has 5 heteroatoms. The molecule has 2 rings (SSSR count). The Bertz CT molecular complexity index is 554. The number of rotatable bonds is 3. The number of carbonyl (C=O) groups is 1. The summed E-state index contributed by atoms with van der Waals surface area (Å²) in [6.07, 6.45) is 2.62. The van der Waals surface area contributed by atoms with E-state index in [0.29, 0.717) is 11.3 Å². The van der Waals surface area contributed by atoms with Gasteiger partial charge in [-0.2, -0.15) is 0 Å². The number of ketones is 1. The van der Waals surface area contributed by atoms with E-state index in [0.717, 1.165) is 12.0 Å². The van der Waals surface area contributed by atoms with Gasteiger partial charge in [-0.25, -0.2) is 0 Å². The first-order chi connectivity index (χ1) is 9.43. The van der Waals surface area contributed by atoms with Crippen molar-refractivity contribution in [1.82, 2.24) is 4.90 Å². The van der Waals surface area contributed by atoms with Gasteiger partial charge in [-0.15, -0.1) is 12.4 Å². The first-order valence-electron chi connectivity index (χ1n) is 6.73. The van der Waals surface area contributed by atoms with Crippen LogP contribution in [0.2, 0.25) is 0 Å². The fourth-order valence-electron chi connectivity index (χ4n) is 2.60. The molecule has 1 aromatic rings. The highest BCUT2D eigenvalue weighted by Gasteiger charge is 2.36. The maximum atomic E-state index is 12.4. The van der Waals surface area contributed by atoms with Gasteiger partial charge in [0.1, 0.15) is 11.5 Å². The van der Waals surface area contributed by atoms with Crippen LogP contribution in [0.3, 0.4) is 0 Å². The predicted molar refractivity (Wildman–Crippen MR) is 86.1 cm³/mol. The van der Waals surface area contributed by atoms with Crippen molar-refractivity contribution < 1.29 is 14.6 Å². The maximum absolute atomic E-state index is 12.4. The highest BCUT2D eigenvalue weighted by Crippen LogP contribution is 2.34. The van der Waals surface area contributed by atoms with E-state index in [-0.39, 0.29) is 35.9 Å². The minimum absolute atomic E-state index is 0. The van der Waals surface area contributed by atoms with Crippen LogP contribution < -0.4 is 4.74 Å². The molecule has 0 aromatic heterocycles. The van der Waals surface area contributed by atoms with Gasteiger partial charge in [0, 0.05) is 17.2 Å². The number of aromatic hydroxyl groups is 1. The molecule has 1 aliphatic rings. The van der Waals surface area contributed by atoms with Gasteiger partial charge < -0.3 is 9.84 Å². The fourth-order valence-corrected chi connectivity index (χ4v) is 2.60. The number of phenolic OH excluding ortho intramolecular Hbond substituents is 1. The quantitative estimate of drug-likeness (QED) is 0.872. The molecule has 1 aliphatic carbocycles. The van der Waals surface area contributed by atoms with Gasteiger partial charge in [-0.3, -0.25) is 9.69 Å². The molecule has 21 heavy (non-hydrogen) atoms. The van der Waals surface area contributed by atoms with Crippen LogP contribution in [0.4, 0.5) is 0 Å². The number of hydrogen-bond donors (Lipinski definition) is 1. The van der Waals surface area contributed by atoms with Gasteiger partial charge in [-0.05, 0) is 44.6 Å². The highest BCUT2D eigenvalue weighted by atomic mass is 35.5. The molecule has 1 aromatic carbocycles. The van der Waals surface area contributed by atoms with E-state index in [1.807, 2.05) is 25.9 Å². The Labute approximate surface area is 131 Å². The summed E-state index contributed by atoms with van der Waals surface area (Å²) in [6.45, 7) is 2.05. The molecule has 1 N–H and O–H groups in total. The smallest absolute Gasteiger partial charge is 0.176 e. The minimum atomic E-state index is -0.0587. The van der Waals surface area contributed by atoms with Crippen molar-refractivity contribution in [3.63, 3.8) is 0 Å². The third-order valence-electron chi connectivity index (χ3n) is 3.87. The summed E-state index contributed by atoms with van der Waals surface area (Å²) in [5.74, 6) is 1.08. The molecule has 4 nitrogen and oxygen atoms in total. The van der Waals surface area contributed by atoms with Crippen molar-refractivity contribution in [2.24, 2.45) is 5.92 Å². The van der Waals surface area contributed by atoms with Crippen LogP contribution >= 0.6 is 12.4 Å². The number of methoxy groups -OCH3 is 1. The lowest BCUT2D eigenvalue weighted by Gasteiger charge is -2.16. The lowest BCUT2D eigenvalue weighted by atomic mass is 10.0. The van der Waals surface area contributed by atoms with Gasteiger partial charge in [0.25, 0.3) is 0 Å². The molecular weight excluding hydrogens is 290 g/mol. The van der Waals surface area contributed by atoms with Crippen LogP contribution in [-0.2, 0) is 4.79 Å². The number of halogens is 1. The second-order valence-corrected chi connectivity index (χ2v) is 5.50. The number of ether oxygens (including phenoxy) is 1. The van der Waals surface area contributed by atoms with Gasteiger partial charge in [0.05, 0.1) is 13.2 Å². The molecule has 0 bridgehead atoms. The van der Waals surface area contributed by atoms with E-state index in [9.17, 15) is 9.90 Å². The average Bonchev–Trinajstić information content (AvgIpc) is 2.68. The number of hydrogen-bond acceptors (Lipinski definition) is 4. The summed E-state index contributed by atoms with van der Waals surface area (Å²) in [7, 11) is 5.39. The SMILES string of the molecule is COc1ccc(C=C2C(=O)C(N(C)C)CC2C)c(O)c1.Cl. The van der Waals surface area contributed by atoms with Crippen molar-refractivity contribution in [1.29, 1.82) is 0 Å². The number of likely N-dealkylation sites (N-methyl/N-ethyl adjacent to an activating group) is 1. The maximum Gasteiger partial charge on any atom is 0.176 e. The monoisotopic (exact) mass is 311 g/mol. The molecule has 1 saturated carbocycles. The summed E-state index contributed by atoms with van der Waals surface area (Å²) >= 11 is 0. The Morgan fingerprint density at radius 2 is 2.05 bits per heavy atom. The van der Waals surface area contributed by atoms with Crippen molar-refractivity contribution in [3.8, 4) is 11.5 Å². The fraction of sp³-hybridized carbons (Fsp3) is 0.438. The van der Waals surface area contributed by atoms with Crippen molar-refractivity contribution in [2.75, 3.05) is 21.2 Å². The van der Waals surface area contributed by atoms with Crippen LogP contribution in [-0.4, -0.2) is 43.0 Å². The first kappa shape index (κ1) is 17.5. The van der Waals surface area contributed by atoms with Crippen molar-refractivity contribution in [2.45, 2.75) is 19.4 Å². The first-order valence-corrected chi connectivity index (χ1v) is 6.73. The Kier molecular flexibility index (Phi) is 5.81. The molecule has 1 fully saturated rings. The molecule has 0 heterocycles. The zero-order valence-electron chi connectivity index (χ0n) is 12.8. The Hall–Kier alpha value is -1.52. The standard InChI is InChI=1S/C16H21NO3.ClH/c1-10-7-14(17(2)3)16(19)13(10)8-11-5-6-12(20-4)9-15(11)18;/h5-6,8-10,14,18H,7H2,1-4H3;1H. The average molecular weight is 312 g/mol. The van der Waals surface area contributed by atoms with Gasteiger partial charge in [-0.1, -0.05) is 6.92 Å². The lowest BCUT2D eigenvalue weighted by molar-refractivity contribution is -0.118. The van der Waals surface area contributed by atoms with Gasteiger partial charge in [0.2, 0.25) is 0 Å². The van der Waals surface area contributed by atoms with E-state index in [1.54, 1.807) is 31.4 Å². The van der Waals surface area contributed by atoms with E-state index < -0.39 is 0 Å². The molecule has 0 saturated heterocycles. The Balaban J connectivity index is 0.00000220. The third kappa shape index (κ3) is 3.57. The van der Waals surface area contributed by atoms with Crippen molar-refractivity contribution >= 4 is 24.3 Å². The molecule has 0 spiro atoms. The normalized spacial score (nSPS) is 23.5. The van der Waals surface area contributed by atoms with Crippen LogP contribution in [0, 0.1) is 5.92 Å². The van der Waals surface area contributed by atoms with E-state index in [4.69, 9.17) is 4.74 Å². The van der Waals surface area contributed by atoms with Crippen LogP contribution in [0.5, 0.6) is 11.5 Å². The predicted octanol–water partition coefficient (Wildman–Crippen LogP) is 2.75. The molecule has 0 aliphatic heterocycles. The Morgan fingerprint density at radius 1 is 1.38 bits per heavy atom. The minimum Gasteiger partial charge on any atom is -0.507 e. The second-order valence-electron chi connectivity index (χ2n) is 5.50. The number of nitrogens with zero attached hydrogens (tertiary/aromatic N) is 1. The second kappa shape index (κ2) is 6.96. The summed E-state index contributed by atoms with van der Waals surface area (Å²) in [4.78, 5) is 14.3. The largest absolute Gasteiger partial charge is 0.507 e. The number of carbonyl (C=O) groups excluding carboxylic acids is 1. The number of phenols is 1. The third-order valence-corrected chi connectivity index (χ3v) is 3.87. The number of benzene rings is 1. The van der Waals surface area contributed by atoms with E-state index in [2.05, 4.69) is 0 Å². The Morgan fingerprint density at radius 3 is 2.52 bits per heavy atom. The van der Waals surface area contributed by atoms with Crippen LogP contribution in [0.15, 0.2) is 23.8 Å². The molecule has 2 atom stereocenters. The summed E-state index contributed by atoms with van der Waals surface area (Å²) in [5, 5.41) is 9.98. The van der Waals surface area contributed by atoms with Gasteiger partial charge in [0.15, 0.2) is 5.78 Å². The zero-order valence-corrected chi connectivity index (χ0v) is 13.6. The van der Waals surface area contributed by atoms with Crippen molar-refractivity contribution in [3.05, 3.63) is 29.3 Å². The molecule has 0 amide bonds. The van der Waals surface area contributed by atoms with E-state index in [1.165, 1.54) is 0 Å². The number of Topliss-reactive ketones (excluding diaryl/α,β-unsaturated/α-hetero) is 1. The zero-order chi connectivity index (χ0) is 14.9. The molecule has 0 radical (unpaired) electrons. The van der Waals surface area contributed by atoms with Crippen LogP contribution in [0.1, 0.15) is 18.9 Å². The summed E-state index contributed by atoms with van der Waals surface area (Å²) in [6, 6.07) is 5.04. The lowest BCUT2D eigenvalue weighted by Crippen LogP contribution is -2.31. The summed E-state index contributed by atoms with van der Waals surface area (Å²) < 4.78 is 5.06. The van der Waals surface area contributed by atoms with Gasteiger partial charge >= 0.3 is 0 Å². The topological polar surface area (TPSA) is 49.8 Å². The molecule has 2 unspecified atom stereocenters. The molecule has 116 valence electrons. The summed E-state index contributed by atoms with van der Waals surface area (Å²) in [5.41, 5.74) is 1.43. The highest BCUT2D eigenvalue weighted by molar-refractivity contribution is 6.06. The molecular formula is C16H22ClNO3.